The van der Waals surface area contributed by atoms with E-state index in [-0.39, 0.29) is 28.2 Å². The number of nitrogens with one attached hydrogen (secondary N) is 1. The third-order valence-electron chi connectivity index (χ3n) is 4.49. The van der Waals surface area contributed by atoms with Crippen LogP contribution < -0.4 is 14.8 Å². The fourth-order valence-electron chi connectivity index (χ4n) is 3.03. The van der Waals surface area contributed by atoms with Crippen LogP contribution in [0.3, 0.4) is 0 Å². The lowest BCUT2D eigenvalue weighted by Crippen LogP contribution is -2.32. The number of rotatable bonds is 5. The molecule has 0 unspecified atom stereocenters. The molecule has 2 aromatic rings. The Morgan fingerprint density at radius 2 is 1.86 bits per heavy atom. The van der Waals surface area contributed by atoms with Gasteiger partial charge in [-0.15, -0.1) is 0 Å². The highest BCUT2D eigenvalue weighted by atomic mass is 35.5. The summed E-state index contributed by atoms with van der Waals surface area (Å²) in [6.07, 6.45) is 0.813. The van der Waals surface area contributed by atoms with Gasteiger partial charge in [-0.3, -0.25) is 14.9 Å². The zero-order valence-corrected chi connectivity index (χ0v) is 16.4. The highest BCUT2D eigenvalue weighted by Crippen LogP contribution is 2.34. The molecule has 0 bridgehead atoms. The second-order valence-corrected chi connectivity index (χ2v) is 7.28. The van der Waals surface area contributed by atoms with Gasteiger partial charge >= 0.3 is 0 Å². The summed E-state index contributed by atoms with van der Waals surface area (Å²) in [5.74, 6) is 1.04. The number of carbonyl (C=O) groups is 1. The Kier molecular flexibility index (Phi) is 6.04. The van der Waals surface area contributed by atoms with E-state index in [1.54, 1.807) is 0 Å². The first-order valence-corrected chi connectivity index (χ1v) is 9.39. The van der Waals surface area contributed by atoms with Gasteiger partial charge in [0.2, 0.25) is 0 Å². The fraction of sp³-hybridized carbons (Fsp3) is 0.350. The van der Waals surface area contributed by atoms with E-state index in [1.165, 1.54) is 18.2 Å². The maximum absolute atomic E-state index is 12.8. The first-order chi connectivity index (χ1) is 13.4. The first-order valence-electron chi connectivity index (χ1n) is 9.01. The number of hydrogen-bond acceptors (Lipinski definition) is 5. The van der Waals surface area contributed by atoms with Gasteiger partial charge in [-0.2, -0.15) is 0 Å². The number of nitro benzene ring substituents is 1. The van der Waals surface area contributed by atoms with Crippen LogP contribution in [0.4, 0.5) is 5.69 Å². The molecule has 0 saturated heterocycles. The Hall–Kier alpha value is -2.80. The molecule has 1 atom stereocenters. The normalized spacial score (nSPS) is 14.3. The molecule has 1 N–H and O–H groups in total. The number of benzene rings is 2. The number of non-ortho nitro benzene ring substituents is 1. The monoisotopic (exact) mass is 404 g/mol. The fourth-order valence-corrected chi connectivity index (χ4v) is 3.29. The van der Waals surface area contributed by atoms with Gasteiger partial charge in [0.1, 0.15) is 0 Å². The van der Waals surface area contributed by atoms with E-state index in [4.69, 9.17) is 21.1 Å². The van der Waals surface area contributed by atoms with Gasteiger partial charge in [-0.05, 0) is 29.7 Å². The summed E-state index contributed by atoms with van der Waals surface area (Å²) >= 11 is 6.09. The quantitative estimate of drug-likeness (QED) is 0.583. The molecule has 1 amide bonds. The number of nitrogens with zero attached hydrogens (tertiary/aromatic N) is 1. The molecule has 0 radical (unpaired) electrons. The zero-order valence-electron chi connectivity index (χ0n) is 15.6. The van der Waals surface area contributed by atoms with Crippen molar-refractivity contribution in [3.8, 4) is 11.5 Å². The Morgan fingerprint density at radius 1 is 1.14 bits per heavy atom. The van der Waals surface area contributed by atoms with Crippen LogP contribution in [0.2, 0.25) is 5.02 Å². The van der Waals surface area contributed by atoms with Crippen LogP contribution in [-0.4, -0.2) is 24.0 Å². The van der Waals surface area contributed by atoms with E-state index in [0.717, 1.165) is 12.0 Å². The standard InChI is InChI=1S/C20H21ClN2O5/c1-12(2)19(13-4-7-17-18(10-13)28-9-3-8-27-17)22-20(24)15-6-5-14(23(25)26)11-16(15)21/h4-7,10-12,19H,3,8-9H2,1-2H3,(H,22,24)/t19-/m0/s1. The van der Waals surface area contributed by atoms with Gasteiger partial charge in [0.05, 0.1) is 34.8 Å². The molecule has 1 heterocycles. The smallest absolute Gasteiger partial charge is 0.270 e. The van der Waals surface area contributed by atoms with Gasteiger partial charge in [-0.1, -0.05) is 31.5 Å². The second-order valence-electron chi connectivity index (χ2n) is 6.87. The van der Waals surface area contributed by atoms with Crippen molar-refractivity contribution in [3.63, 3.8) is 0 Å². The SMILES string of the molecule is CC(C)[C@H](NC(=O)c1ccc([N+](=O)[O-])cc1Cl)c1ccc2c(c1)OCCCO2. The topological polar surface area (TPSA) is 90.7 Å². The van der Waals surface area contributed by atoms with Crippen LogP contribution in [0.5, 0.6) is 11.5 Å². The molecule has 148 valence electrons. The van der Waals surface area contributed by atoms with E-state index in [0.29, 0.717) is 24.7 Å². The van der Waals surface area contributed by atoms with E-state index in [1.807, 2.05) is 32.0 Å². The lowest BCUT2D eigenvalue weighted by Gasteiger charge is -2.24. The van der Waals surface area contributed by atoms with Gasteiger partial charge in [-0.25, -0.2) is 0 Å². The number of amides is 1. The van der Waals surface area contributed by atoms with Crippen molar-refractivity contribution in [1.29, 1.82) is 0 Å². The summed E-state index contributed by atoms with van der Waals surface area (Å²) in [6.45, 7) is 5.17. The molecule has 0 aliphatic carbocycles. The maximum Gasteiger partial charge on any atom is 0.270 e. The predicted molar refractivity (Wildman–Crippen MR) is 105 cm³/mol. The zero-order chi connectivity index (χ0) is 20.3. The maximum atomic E-state index is 12.8. The minimum Gasteiger partial charge on any atom is -0.490 e. The third-order valence-corrected chi connectivity index (χ3v) is 4.80. The average Bonchev–Trinajstić information content (AvgIpc) is 2.90. The molecule has 2 aromatic carbocycles. The Morgan fingerprint density at radius 3 is 2.50 bits per heavy atom. The van der Waals surface area contributed by atoms with E-state index < -0.39 is 10.8 Å². The van der Waals surface area contributed by atoms with Crippen molar-refractivity contribution in [1.82, 2.24) is 5.32 Å². The summed E-state index contributed by atoms with van der Waals surface area (Å²) in [7, 11) is 0. The van der Waals surface area contributed by atoms with Gasteiger partial charge in [0.15, 0.2) is 11.5 Å². The lowest BCUT2D eigenvalue weighted by molar-refractivity contribution is -0.384. The average molecular weight is 405 g/mol. The first kappa shape index (κ1) is 19.9. The molecule has 1 aliphatic heterocycles. The van der Waals surface area contributed by atoms with Crippen LogP contribution in [0, 0.1) is 16.0 Å². The number of ether oxygens (including phenoxy) is 2. The van der Waals surface area contributed by atoms with Gasteiger partial charge in [0.25, 0.3) is 11.6 Å². The molecule has 28 heavy (non-hydrogen) atoms. The highest BCUT2D eigenvalue weighted by Gasteiger charge is 2.23. The molecule has 0 aromatic heterocycles. The number of carbonyl (C=O) groups excluding carboxylic acids is 1. The van der Waals surface area contributed by atoms with Crippen molar-refractivity contribution in [3.05, 3.63) is 62.7 Å². The Labute approximate surface area is 167 Å². The number of nitro groups is 1. The number of fused-ring (bicyclic) bond motifs is 1. The molecule has 0 spiro atoms. The van der Waals surface area contributed by atoms with Crippen molar-refractivity contribution >= 4 is 23.2 Å². The summed E-state index contributed by atoms with van der Waals surface area (Å²) in [4.78, 5) is 23.1. The number of hydrogen-bond donors (Lipinski definition) is 1. The van der Waals surface area contributed by atoms with E-state index >= 15 is 0 Å². The van der Waals surface area contributed by atoms with Gasteiger partial charge in [0, 0.05) is 18.6 Å². The van der Waals surface area contributed by atoms with Crippen LogP contribution >= 0.6 is 11.6 Å². The molecule has 1 aliphatic rings. The lowest BCUT2D eigenvalue weighted by atomic mass is 9.95. The summed E-state index contributed by atoms with van der Waals surface area (Å²) in [6, 6.07) is 9.12. The van der Waals surface area contributed by atoms with Crippen molar-refractivity contribution in [2.45, 2.75) is 26.3 Å². The minimum atomic E-state index is -0.553. The minimum absolute atomic E-state index is 0.0351. The van der Waals surface area contributed by atoms with Crippen LogP contribution in [-0.2, 0) is 0 Å². The number of halogens is 1. The molecule has 8 heteroatoms. The second kappa shape index (κ2) is 8.48. The largest absolute Gasteiger partial charge is 0.490 e. The molecular formula is C20H21ClN2O5. The van der Waals surface area contributed by atoms with Crippen LogP contribution in [0.25, 0.3) is 0 Å². The van der Waals surface area contributed by atoms with E-state index in [2.05, 4.69) is 5.32 Å². The van der Waals surface area contributed by atoms with E-state index in [9.17, 15) is 14.9 Å². The molecule has 3 rings (SSSR count). The van der Waals surface area contributed by atoms with Gasteiger partial charge < -0.3 is 14.8 Å². The summed E-state index contributed by atoms with van der Waals surface area (Å²) in [5, 5.41) is 13.9. The summed E-state index contributed by atoms with van der Waals surface area (Å²) in [5.41, 5.74) is 0.905. The third kappa shape index (κ3) is 4.36. The van der Waals surface area contributed by atoms with Crippen molar-refractivity contribution < 1.29 is 19.2 Å². The molecule has 0 fully saturated rings. The predicted octanol–water partition coefficient (Wildman–Crippen LogP) is 4.54. The molecule has 7 nitrogen and oxygen atoms in total. The van der Waals surface area contributed by atoms with Crippen LogP contribution in [0.1, 0.15) is 42.2 Å². The molecule has 0 saturated carbocycles. The van der Waals surface area contributed by atoms with Crippen LogP contribution in [0.15, 0.2) is 36.4 Å². The Balaban J connectivity index is 1.85. The Bertz CT molecular complexity index is 900. The highest BCUT2D eigenvalue weighted by molar-refractivity contribution is 6.34. The van der Waals surface area contributed by atoms with Crippen molar-refractivity contribution in [2.75, 3.05) is 13.2 Å². The summed E-state index contributed by atoms with van der Waals surface area (Å²) < 4.78 is 11.4. The molecular weight excluding hydrogens is 384 g/mol. The van der Waals surface area contributed by atoms with Crippen molar-refractivity contribution in [2.24, 2.45) is 5.92 Å².